The Balaban J connectivity index is 2.92. The summed E-state index contributed by atoms with van der Waals surface area (Å²) < 4.78 is 5.38. The molecule has 13 heavy (non-hydrogen) atoms. The Morgan fingerprint density at radius 3 is 2.08 bits per heavy atom. The highest BCUT2D eigenvalue weighted by atomic mass is 16.5. The summed E-state index contributed by atoms with van der Waals surface area (Å²) in [7, 11) is 3.64. The van der Waals surface area contributed by atoms with E-state index in [1.54, 1.807) is 7.11 Å². The van der Waals surface area contributed by atoms with Crippen LogP contribution in [0.1, 0.15) is 19.4 Å². The normalized spacial score (nSPS) is 11.4. The Bertz CT molecular complexity index is 264. The molecule has 2 nitrogen and oxygen atoms in total. The van der Waals surface area contributed by atoms with Crippen molar-refractivity contribution in [1.82, 2.24) is 0 Å². The Kier molecular flexibility index (Phi) is 2.94. The molecule has 1 N–H and O–H groups in total. The van der Waals surface area contributed by atoms with Gasteiger partial charge in [0.05, 0.1) is 5.60 Å². The molecule has 1 aromatic rings. The van der Waals surface area contributed by atoms with Crippen LogP contribution in [0, 0.1) is 0 Å². The standard InChI is InChI=1S/C11H17NO/c1-11(2,13-4)9-5-7-10(12-3)8-6-9/h5-8,12H,1-4H3. The fraction of sp³-hybridized carbons (Fsp3) is 0.455. The van der Waals surface area contributed by atoms with Gasteiger partial charge in [0.2, 0.25) is 0 Å². The van der Waals surface area contributed by atoms with Crippen molar-refractivity contribution in [2.24, 2.45) is 0 Å². The van der Waals surface area contributed by atoms with Crippen LogP contribution >= 0.6 is 0 Å². The van der Waals surface area contributed by atoms with Crippen LogP contribution in [0.3, 0.4) is 0 Å². The number of anilines is 1. The van der Waals surface area contributed by atoms with Gasteiger partial charge in [-0.15, -0.1) is 0 Å². The maximum atomic E-state index is 5.38. The predicted molar refractivity (Wildman–Crippen MR) is 56.0 cm³/mol. The maximum Gasteiger partial charge on any atom is 0.0871 e. The van der Waals surface area contributed by atoms with Crippen molar-refractivity contribution in [2.75, 3.05) is 19.5 Å². The molecule has 2 heteroatoms. The molecule has 0 amide bonds. The van der Waals surface area contributed by atoms with E-state index in [1.165, 1.54) is 5.56 Å². The average Bonchev–Trinajstić information content (AvgIpc) is 2.18. The summed E-state index contributed by atoms with van der Waals surface area (Å²) >= 11 is 0. The molecule has 0 fully saturated rings. The highest BCUT2D eigenvalue weighted by Gasteiger charge is 2.18. The molecule has 1 aromatic carbocycles. The van der Waals surface area contributed by atoms with Gasteiger partial charge in [0, 0.05) is 19.8 Å². The molecule has 0 unspecified atom stereocenters. The molecule has 0 aliphatic rings. The van der Waals surface area contributed by atoms with Gasteiger partial charge in [0.25, 0.3) is 0 Å². The largest absolute Gasteiger partial charge is 0.388 e. The second-order valence-electron chi connectivity index (χ2n) is 3.54. The van der Waals surface area contributed by atoms with Gasteiger partial charge in [-0.25, -0.2) is 0 Å². The summed E-state index contributed by atoms with van der Waals surface area (Å²) in [5, 5.41) is 3.08. The maximum absolute atomic E-state index is 5.38. The van der Waals surface area contributed by atoms with Gasteiger partial charge in [-0.2, -0.15) is 0 Å². The van der Waals surface area contributed by atoms with Crippen LogP contribution in [0.2, 0.25) is 0 Å². The second kappa shape index (κ2) is 3.79. The summed E-state index contributed by atoms with van der Waals surface area (Å²) in [5.74, 6) is 0. The first-order valence-electron chi connectivity index (χ1n) is 4.43. The van der Waals surface area contributed by atoms with Crippen LogP contribution in [0.4, 0.5) is 5.69 Å². The minimum absolute atomic E-state index is 0.202. The molecule has 0 bridgehead atoms. The number of ether oxygens (including phenoxy) is 1. The molecular formula is C11H17NO. The van der Waals surface area contributed by atoms with Crippen molar-refractivity contribution in [2.45, 2.75) is 19.4 Å². The van der Waals surface area contributed by atoms with Gasteiger partial charge in [-0.05, 0) is 31.5 Å². The van der Waals surface area contributed by atoms with E-state index >= 15 is 0 Å². The number of hydrogen-bond acceptors (Lipinski definition) is 2. The molecule has 0 heterocycles. The third-order valence-corrected chi connectivity index (χ3v) is 2.38. The summed E-state index contributed by atoms with van der Waals surface area (Å²) in [5.41, 5.74) is 2.11. The van der Waals surface area contributed by atoms with Crippen LogP contribution in [0.25, 0.3) is 0 Å². The molecule has 0 aromatic heterocycles. The van der Waals surface area contributed by atoms with E-state index in [0.717, 1.165) is 5.69 Å². The highest BCUT2D eigenvalue weighted by Crippen LogP contribution is 2.24. The van der Waals surface area contributed by atoms with E-state index in [4.69, 9.17) is 4.74 Å². The van der Waals surface area contributed by atoms with Gasteiger partial charge in [-0.3, -0.25) is 0 Å². The number of hydrogen-bond donors (Lipinski definition) is 1. The summed E-state index contributed by atoms with van der Waals surface area (Å²) in [6.07, 6.45) is 0. The molecule has 1 rings (SSSR count). The molecule has 0 aliphatic heterocycles. The third-order valence-electron chi connectivity index (χ3n) is 2.38. The Morgan fingerprint density at radius 1 is 1.15 bits per heavy atom. The molecular weight excluding hydrogens is 162 g/mol. The number of rotatable bonds is 3. The fourth-order valence-electron chi connectivity index (χ4n) is 1.16. The Labute approximate surface area is 79.9 Å². The summed E-state index contributed by atoms with van der Waals surface area (Å²) in [6, 6.07) is 8.26. The minimum atomic E-state index is -0.202. The van der Waals surface area contributed by atoms with Crippen LogP contribution < -0.4 is 5.32 Å². The van der Waals surface area contributed by atoms with Crippen LogP contribution in [0.5, 0.6) is 0 Å². The molecule has 0 atom stereocenters. The minimum Gasteiger partial charge on any atom is -0.388 e. The lowest BCUT2D eigenvalue weighted by Crippen LogP contribution is -2.19. The summed E-state index contributed by atoms with van der Waals surface area (Å²) in [4.78, 5) is 0. The van der Waals surface area contributed by atoms with E-state index < -0.39 is 0 Å². The topological polar surface area (TPSA) is 21.3 Å². The molecule has 0 aliphatic carbocycles. The van der Waals surface area contributed by atoms with Gasteiger partial charge in [0.1, 0.15) is 0 Å². The quantitative estimate of drug-likeness (QED) is 0.770. The lowest BCUT2D eigenvalue weighted by Gasteiger charge is -2.23. The van der Waals surface area contributed by atoms with Crippen LogP contribution in [-0.4, -0.2) is 14.2 Å². The molecule has 72 valence electrons. The average molecular weight is 179 g/mol. The van der Waals surface area contributed by atoms with Crippen LogP contribution in [0.15, 0.2) is 24.3 Å². The smallest absolute Gasteiger partial charge is 0.0871 e. The zero-order valence-corrected chi connectivity index (χ0v) is 8.72. The lowest BCUT2D eigenvalue weighted by molar-refractivity contribution is 0.0192. The first-order valence-corrected chi connectivity index (χ1v) is 4.43. The predicted octanol–water partition coefficient (Wildman–Crippen LogP) is 2.61. The molecule has 0 saturated carbocycles. The van der Waals surface area contributed by atoms with Crippen LogP contribution in [-0.2, 0) is 10.3 Å². The van der Waals surface area contributed by atoms with Gasteiger partial charge in [0.15, 0.2) is 0 Å². The zero-order valence-electron chi connectivity index (χ0n) is 8.72. The van der Waals surface area contributed by atoms with E-state index in [-0.39, 0.29) is 5.60 Å². The Hall–Kier alpha value is -1.02. The van der Waals surface area contributed by atoms with Crippen molar-refractivity contribution in [3.8, 4) is 0 Å². The second-order valence-corrected chi connectivity index (χ2v) is 3.54. The number of nitrogens with one attached hydrogen (secondary N) is 1. The number of methoxy groups -OCH3 is 1. The first-order chi connectivity index (χ1) is 6.10. The van der Waals surface area contributed by atoms with Crippen molar-refractivity contribution < 1.29 is 4.74 Å². The summed E-state index contributed by atoms with van der Waals surface area (Å²) in [6.45, 7) is 4.11. The van der Waals surface area contributed by atoms with Crippen molar-refractivity contribution in [1.29, 1.82) is 0 Å². The van der Waals surface area contributed by atoms with Crippen molar-refractivity contribution in [3.05, 3.63) is 29.8 Å². The third kappa shape index (κ3) is 2.22. The molecule has 0 radical (unpaired) electrons. The first kappa shape index (κ1) is 10.1. The highest BCUT2D eigenvalue weighted by molar-refractivity contribution is 5.44. The fourth-order valence-corrected chi connectivity index (χ4v) is 1.16. The van der Waals surface area contributed by atoms with E-state index in [9.17, 15) is 0 Å². The Morgan fingerprint density at radius 2 is 1.69 bits per heavy atom. The van der Waals surface area contributed by atoms with Crippen molar-refractivity contribution in [3.63, 3.8) is 0 Å². The zero-order chi connectivity index (χ0) is 9.90. The molecule has 0 spiro atoms. The number of benzene rings is 1. The molecule has 0 saturated heterocycles. The van der Waals surface area contributed by atoms with Gasteiger partial charge < -0.3 is 10.1 Å². The van der Waals surface area contributed by atoms with Crippen molar-refractivity contribution >= 4 is 5.69 Å². The SMILES string of the molecule is CNc1ccc(C(C)(C)OC)cc1. The van der Waals surface area contributed by atoms with E-state index in [0.29, 0.717) is 0 Å². The van der Waals surface area contributed by atoms with E-state index in [2.05, 4.69) is 43.4 Å². The monoisotopic (exact) mass is 179 g/mol. The van der Waals surface area contributed by atoms with E-state index in [1.807, 2.05) is 7.05 Å². The lowest BCUT2D eigenvalue weighted by atomic mass is 9.98. The van der Waals surface area contributed by atoms with Gasteiger partial charge in [-0.1, -0.05) is 12.1 Å². The van der Waals surface area contributed by atoms with Gasteiger partial charge >= 0.3 is 0 Å².